The van der Waals surface area contributed by atoms with Crippen molar-refractivity contribution in [3.63, 3.8) is 0 Å². The molecule has 0 radical (unpaired) electrons. The molecular formula is C7H6ClN5O2. The average molecular weight is 228 g/mol. The Morgan fingerprint density at radius 2 is 2.07 bits per heavy atom. The fraction of sp³-hybridized carbons (Fsp3) is 0.143. The van der Waals surface area contributed by atoms with Crippen molar-refractivity contribution in [1.29, 1.82) is 0 Å². The zero-order valence-corrected chi connectivity index (χ0v) is 8.42. The highest BCUT2D eigenvalue weighted by molar-refractivity contribution is 6.32. The van der Waals surface area contributed by atoms with Crippen molar-refractivity contribution in [2.75, 3.05) is 0 Å². The maximum atomic E-state index is 10.6. The lowest BCUT2D eigenvalue weighted by Crippen LogP contribution is -2.07. The summed E-state index contributed by atoms with van der Waals surface area (Å²) in [5.74, 6) is 0.265. The zero-order chi connectivity index (χ0) is 11.0. The summed E-state index contributed by atoms with van der Waals surface area (Å²) in [7, 11) is 1.53. The molecule has 0 bridgehead atoms. The lowest BCUT2D eigenvalue weighted by molar-refractivity contribution is -0.391. The molecule has 0 saturated carbocycles. The molecule has 0 aliphatic rings. The first kappa shape index (κ1) is 9.66. The van der Waals surface area contributed by atoms with Crippen LogP contribution in [-0.4, -0.2) is 24.5 Å². The van der Waals surface area contributed by atoms with Gasteiger partial charge < -0.3 is 10.1 Å². The van der Waals surface area contributed by atoms with Crippen molar-refractivity contribution in [1.82, 2.24) is 19.6 Å². The summed E-state index contributed by atoms with van der Waals surface area (Å²) in [6.07, 6.45) is 2.93. The number of halogens is 1. The molecule has 0 atom stereocenters. The lowest BCUT2D eigenvalue weighted by Gasteiger charge is -1.98. The lowest BCUT2D eigenvalue weighted by atomic mass is 10.6. The van der Waals surface area contributed by atoms with Crippen molar-refractivity contribution in [3.8, 4) is 5.82 Å². The van der Waals surface area contributed by atoms with E-state index in [-0.39, 0.29) is 10.8 Å². The molecular weight excluding hydrogens is 222 g/mol. The van der Waals surface area contributed by atoms with Crippen LogP contribution in [0.3, 0.4) is 0 Å². The zero-order valence-electron chi connectivity index (χ0n) is 7.66. The second kappa shape index (κ2) is 3.35. The van der Waals surface area contributed by atoms with Gasteiger partial charge in [0.1, 0.15) is 5.02 Å². The third-order valence-electron chi connectivity index (χ3n) is 1.93. The van der Waals surface area contributed by atoms with E-state index < -0.39 is 4.92 Å². The largest absolute Gasteiger partial charge is 0.358 e. The third-order valence-corrected chi connectivity index (χ3v) is 2.20. The van der Waals surface area contributed by atoms with E-state index in [0.717, 1.165) is 0 Å². The SMILES string of the molecule is Cn1c([N+](=O)[O-])cc(Cl)c1-n1nccn1. The van der Waals surface area contributed by atoms with Gasteiger partial charge in [0.15, 0.2) is 0 Å². The van der Waals surface area contributed by atoms with Crippen molar-refractivity contribution >= 4 is 17.4 Å². The second-order valence-electron chi connectivity index (χ2n) is 2.81. The minimum atomic E-state index is -0.515. The molecule has 0 amide bonds. The molecule has 0 unspecified atom stereocenters. The Morgan fingerprint density at radius 1 is 1.47 bits per heavy atom. The van der Waals surface area contributed by atoms with Crippen LogP contribution in [0.5, 0.6) is 0 Å². The van der Waals surface area contributed by atoms with Gasteiger partial charge in [0.2, 0.25) is 0 Å². The molecule has 2 aromatic heterocycles. The fourth-order valence-electron chi connectivity index (χ4n) is 1.27. The maximum Gasteiger partial charge on any atom is 0.326 e. The number of nitrogens with zero attached hydrogens (tertiary/aromatic N) is 5. The molecule has 0 aliphatic carbocycles. The Kier molecular flexibility index (Phi) is 2.16. The molecule has 0 fully saturated rings. The van der Waals surface area contributed by atoms with Gasteiger partial charge in [-0.15, -0.1) is 4.80 Å². The summed E-state index contributed by atoms with van der Waals surface area (Å²) in [6, 6.07) is 1.26. The van der Waals surface area contributed by atoms with Gasteiger partial charge in [-0.05, 0) is 4.92 Å². The van der Waals surface area contributed by atoms with E-state index in [0.29, 0.717) is 5.82 Å². The summed E-state index contributed by atoms with van der Waals surface area (Å²) in [6.45, 7) is 0. The van der Waals surface area contributed by atoms with Crippen LogP contribution >= 0.6 is 11.6 Å². The predicted molar refractivity (Wildman–Crippen MR) is 52.0 cm³/mol. The van der Waals surface area contributed by atoms with E-state index in [4.69, 9.17) is 11.6 Å². The van der Waals surface area contributed by atoms with Crippen LogP contribution in [0.4, 0.5) is 5.82 Å². The minimum absolute atomic E-state index is 0.104. The molecule has 0 spiro atoms. The van der Waals surface area contributed by atoms with Crippen molar-refractivity contribution in [3.05, 3.63) is 33.6 Å². The second-order valence-corrected chi connectivity index (χ2v) is 3.22. The van der Waals surface area contributed by atoms with E-state index in [9.17, 15) is 10.1 Å². The molecule has 2 aromatic rings. The van der Waals surface area contributed by atoms with Crippen LogP contribution in [0, 0.1) is 10.1 Å². The van der Waals surface area contributed by atoms with Gasteiger partial charge in [-0.3, -0.25) is 0 Å². The molecule has 15 heavy (non-hydrogen) atoms. The Bertz CT molecular complexity index is 504. The van der Waals surface area contributed by atoms with Crippen LogP contribution in [0.1, 0.15) is 0 Å². The Balaban J connectivity index is 2.63. The van der Waals surface area contributed by atoms with Crippen molar-refractivity contribution in [2.24, 2.45) is 7.05 Å². The predicted octanol–water partition coefficient (Wildman–Crippen LogP) is 1.17. The molecule has 0 N–H and O–H groups in total. The average Bonchev–Trinajstić information content (AvgIpc) is 2.73. The highest BCUT2D eigenvalue weighted by atomic mass is 35.5. The van der Waals surface area contributed by atoms with Crippen LogP contribution in [0.15, 0.2) is 18.5 Å². The highest BCUT2D eigenvalue weighted by Gasteiger charge is 2.22. The molecule has 8 heteroatoms. The Hall–Kier alpha value is -1.89. The fourth-order valence-corrected chi connectivity index (χ4v) is 1.57. The molecule has 0 saturated heterocycles. The van der Waals surface area contributed by atoms with Crippen LogP contribution in [0.25, 0.3) is 5.82 Å². The summed E-state index contributed by atoms with van der Waals surface area (Å²) in [5, 5.41) is 18.6. The Morgan fingerprint density at radius 3 is 2.53 bits per heavy atom. The molecule has 7 nitrogen and oxygen atoms in total. The van der Waals surface area contributed by atoms with Gasteiger partial charge in [0, 0.05) is 0 Å². The van der Waals surface area contributed by atoms with Crippen molar-refractivity contribution < 1.29 is 4.92 Å². The van der Waals surface area contributed by atoms with Gasteiger partial charge >= 0.3 is 5.82 Å². The Labute approximate surface area is 89.0 Å². The summed E-state index contributed by atoms with van der Waals surface area (Å²) in [4.78, 5) is 11.3. The van der Waals surface area contributed by atoms with Gasteiger partial charge in [0.05, 0.1) is 25.5 Å². The van der Waals surface area contributed by atoms with E-state index in [1.165, 1.54) is 34.9 Å². The first-order chi connectivity index (χ1) is 7.11. The molecule has 0 aliphatic heterocycles. The third kappa shape index (κ3) is 1.46. The molecule has 2 heterocycles. The van der Waals surface area contributed by atoms with Crippen LogP contribution in [0.2, 0.25) is 5.02 Å². The highest BCUT2D eigenvalue weighted by Crippen LogP contribution is 2.27. The van der Waals surface area contributed by atoms with Crippen LogP contribution < -0.4 is 0 Å². The number of hydrogen-bond acceptors (Lipinski definition) is 4. The minimum Gasteiger partial charge on any atom is -0.358 e. The first-order valence-electron chi connectivity index (χ1n) is 3.97. The summed E-state index contributed by atoms with van der Waals surface area (Å²) in [5.41, 5.74) is 0. The molecule has 2 rings (SSSR count). The summed E-state index contributed by atoms with van der Waals surface area (Å²) < 4.78 is 1.32. The van der Waals surface area contributed by atoms with Gasteiger partial charge in [0.25, 0.3) is 5.82 Å². The quantitative estimate of drug-likeness (QED) is 0.570. The van der Waals surface area contributed by atoms with E-state index in [1.54, 1.807) is 0 Å². The first-order valence-corrected chi connectivity index (χ1v) is 4.35. The van der Waals surface area contributed by atoms with E-state index in [2.05, 4.69) is 10.2 Å². The maximum absolute atomic E-state index is 10.6. The number of hydrogen-bond donors (Lipinski definition) is 0. The summed E-state index contributed by atoms with van der Waals surface area (Å²) >= 11 is 5.86. The normalized spacial score (nSPS) is 10.5. The molecule has 0 aromatic carbocycles. The van der Waals surface area contributed by atoms with Gasteiger partial charge in [-0.2, -0.15) is 10.2 Å². The van der Waals surface area contributed by atoms with Crippen molar-refractivity contribution in [2.45, 2.75) is 0 Å². The van der Waals surface area contributed by atoms with E-state index in [1.807, 2.05) is 0 Å². The van der Waals surface area contributed by atoms with E-state index >= 15 is 0 Å². The monoisotopic (exact) mass is 227 g/mol. The topological polar surface area (TPSA) is 78.8 Å². The number of rotatable bonds is 2. The van der Waals surface area contributed by atoms with Gasteiger partial charge in [-0.25, -0.2) is 4.57 Å². The van der Waals surface area contributed by atoms with Crippen LogP contribution in [-0.2, 0) is 7.05 Å². The smallest absolute Gasteiger partial charge is 0.326 e. The number of aromatic nitrogens is 4. The number of nitro groups is 1. The molecule has 78 valence electrons. The standard InChI is InChI=1S/C7H6ClN5O2/c1-11-6(13(14)15)4-5(8)7(11)12-9-2-3-10-12/h2-4H,1H3. The van der Waals surface area contributed by atoms with Gasteiger partial charge in [-0.1, -0.05) is 11.6 Å².